The first kappa shape index (κ1) is 25.4. The van der Waals surface area contributed by atoms with Crippen molar-refractivity contribution in [3.05, 3.63) is 59.1 Å². The fourth-order valence-corrected chi connectivity index (χ4v) is 4.00. The Morgan fingerprint density at radius 2 is 1.78 bits per heavy atom. The number of imidazole rings is 1. The van der Waals surface area contributed by atoms with E-state index in [4.69, 9.17) is 10.5 Å². The van der Waals surface area contributed by atoms with Gasteiger partial charge < -0.3 is 19.9 Å². The lowest BCUT2D eigenvalue weighted by atomic mass is 10.0. The number of amides is 1. The molecule has 1 amide bonds. The average Bonchev–Trinajstić information content (AvgIpc) is 3.22. The van der Waals surface area contributed by atoms with E-state index in [1.54, 1.807) is 0 Å². The van der Waals surface area contributed by atoms with E-state index in [0.29, 0.717) is 12.1 Å². The van der Waals surface area contributed by atoms with Crippen LogP contribution in [0.3, 0.4) is 0 Å². The Balaban J connectivity index is 1.54. The van der Waals surface area contributed by atoms with Crippen molar-refractivity contribution >= 4 is 5.91 Å². The summed E-state index contributed by atoms with van der Waals surface area (Å²) in [5.41, 5.74) is 6.06. The van der Waals surface area contributed by atoms with Gasteiger partial charge in [-0.15, -0.1) is 0 Å². The van der Waals surface area contributed by atoms with Crippen molar-refractivity contribution in [3.63, 3.8) is 0 Å². The number of fused-ring (bicyclic) bond motifs is 1. The first-order chi connectivity index (χ1) is 17.0. The van der Waals surface area contributed by atoms with Crippen molar-refractivity contribution in [3.8, 4) is 17.3 Å². The molecule has 2 N–H and O–H groups in total. The molecule has 0 fully saturated rings. The van der Waals surface area contributed by atoms with Gasteiger partial charge >= 0.3 is 12.2 Å². The van der Waals surface area contributed by atoms with Crippen LogP contribution in [0, 0.1) is 17.5 Å². The lowest BCUT2D eigenvalue weighted by molar-refractivity contribution is -0.148. The summed E-state index contributed by atoms with van der Waals surface area (Å²) in [5.74, 6) is -5.19. The molecule has 192 valence electrons. The molecule has 1 aromatic carbocycles. The van der Waals surface area contributed by atoms with Crippen LogP contribution in [0.2, 0.25) is 0 Å². The monoisotopic (exact) mass is 514 g/mol. The Bertz CT molecular complexity index is 1280. The summed E-state index contributed by atoms with van der Waals surface area (Å²) >= 11 is 0. The molecule has 14 heteroatoms. The Morgan fingerprint density at radius 3 is 2.42 bits per heavy atom. The maximum absolute atomic E-state index is 13.9. The molecule has 1 aliphatic rings. The van der Waals surface area contributed by atoms with Gasteiger partial charge in [0.2, 0.25) is 11.7 Å². The van der Waals surface area contributed by atoms with Crippen LogP contribution in [0.25, 0.3) is 11.3 Å². The third kappa shape index (κ3) is 5.12. The van der Waals surface area contributed by atoms with Gasteiger partial charge in [0.15, 0.2) is 11.6 Å². The number of hydrogen-bond acceptors (Lipinski definition) is 6. The first-order valence-electron chi connectivity index (χ1n) is 10.7. The van der Waals surface area contributed by atoms with E-state index in [1.165, 1.54) is 24.4 Å². The van der Waals surface area contributed by atoms with Crippen molar-refractivity contribution < 1.29 is 35.9 Å². The highest BCUT2D eigenvalue weighted by atomic mass is 19.4. The van der Waals surface area contributed by atoms with Gasteiger partial charge in [-0.2, -0.15) is 13.2 Å². The summed E-state index contributed by atoms with van der Waals surface area (Å²) in [4.78, 5) is 25.8. The van der Waals surface area contributed by atoms with Crippen molar-refractivity contribution in [2.45, 2.75) is 38.1 Å². The fourth-order valence-electron chi connectivity index (χ4n) is 4.00. The lowest BCUT2D eigenvalue weighted by Gasteiger charge is -2.30. The summed E-state index contributed by atoms with van der Waals surface area (Å²) in [6.45, 7) is -0.418. The number of aromatic nitrogens is 4. The Morgan fingerprint density at radius 1 is 1.11 bits per heavy atom. The van der Waals surface area contributed by atoms with E-state index in [0.717, 1.165) is 4.57 Å². The molecule has 3 heterocycles. The summed E-state index contributed by atoms with van der Waals surface area (Å²) in [7, 11) is 1.34. The second kappa shape index (κ2) is 9.76. The minimum Gasteiger partial charge on any atom is -0.467 e. The molecular formula is C22H20F6N6O2. The number of methoxy groups -OCH3 is 1. The predicted octanol–water partition coefficient (Wildman–Crippen LogP) is 3.09. The van der Waals surface area contributed by atoms with Gasteiger partial charge in [0, 0.05) is 49.6 Å². The van der Waals surface area contributed by atoms with Crippen LogP contribution in [0.15, 0.2) is 24.5 Å². The summed E-state index contributed by atoms with van der Waals surface area (Å²) in [5, 5.41) is 0. The molecule has 0 unspecified atom stereocenters. The summed E-state index contributed by atoms with van der Waals surface area (Å²) in [6.07, 6.45) is -2.74. The first-order valence-corrected chi connectivity index (χ1v) is 10.7. The van der Waals surface area contributed by atoms with E-state index >= 15 is 0 Å². The second-order valence-corrected chi connectivity index (χ2v) is 8.18. The SMILES string of the molecule is COc1ncc(-c2nc(C(F)(F)F)n3c2CN(C(=O)C[C@H](N)Cc2cc(F)c(F)cc2F)CC3)cn1. The average molecular weight is 514 g/mol. The van der Waals surface area contributed by atoms with Gasteiger partial charge in [0.05, 0.1) is 25.0 Å². The van der Waals surface area contributed by atoms with Crippen molar-refractivity contribution in [1.82, 2.24) is 24.4 Å². The van der Waals surface area contributed by atoms with Gasteiger partial charge in [-0.25, -0.2) is 28.1 Å². The third-order valence-electron chi connectivity index (χ3n) is 5.71. The number of hydrogen-bond donors (Lipinski definition) is 1. The molecule has 36 heavy (non-hydrogen) atoms. The molecule has 0 radical (unpaired) electrons. The van der Waals surface area contributed by atoms with Gasteiger partial charge in [0.1, 0.15) is 5.82 Å². The predicted molar refractivity (Wildman–Crippen MR) is 113 cm³/mol. The number of nitrogens with two attached hydrogens (primary N) is 1. The van der Waals surface area contributed by atoms with Crippen LogP contribution in [0.4, 0.5) is 26.3 Å². The van der Waals surface area contributed by atoms with Crippen LogP contribution in [0.5, 0.6) is 6.01 Å². The minimum atomic E-state index is -4.73. The molecule has 0 spiro atoms. The highest BCUT2D eigenvalue weighted by molar-refractivity contribution is 5.77. The van der Waals surface area contributed by atoms with Crippen LogP contribution >= 0.6 is 0 Å². The lowest BCUT2D eigenvalue weighted by Crippen LogP contribution is -2.42. The van der Waals surface area contributed by atoms with E-state index in [2.05, 4.69) is 15.0 Å². The zero-order valence-electron chi connectivity index (χ0n) is 18.8. The number of carbonyl (C=O) groups excluding carboxylic acids is 1. The van der Waals surface area contributed by atoms with Crippen LogP contribution in [0.1, 0.15) is 23.5 Å². The molecule has 1 aliphatic heterocycles. The van der Waals surface area contributed by atoms with Crippen molar-refractivity contribution in [2.75, 3.05) is 13.7 Å². The third-order valence-corrected chi connectivity index (χ3v) is 5.71. The number of rotatable bonds is 6. The maximum atomic E-state index is 13.9. The van der Waals surface area contributed by atoms with Crippen LogP contribution in [-0.2, 0) is 30.5 Å². The fraction of sp³-hybridized carbons (Fsp3) is 0.364. The van der Waals surface area contributed by atoms with Gasteiger partial charge in [-0.1, -0.05) is 0 Å². The Kier molecular flexibility index (Phi) is 6.89. The van der Waals surface area contributed by atoms with Gasteiger partial charge in [-0.05, 0) is 18.1 Å². The topological polar surface area (TPSA) is 99.2 Å². The zero-order chi connectivity index (χ0) is 26.2. The van der Waals surface area contributed by atoms with E-state index in [-0.39, 0.29) is 61.0 Å². The minimum absolute atomic E-state index is 0.0196. The van der Waals surface area contributed by atoms with E-state index in [9.17, 15) is 31.1 Å². The molecular weight excluding hydrogens is 494 g/mol. The van der Waals surface area contributed by atoms with E-state index < -0.39 is 41.4 Å². The number of halogens is 6. The van der Waals surface area contributed by atoms with Gasteiger partial charge in [-0.3, -0.25) is 4.79 Å². The molecule has 0 bridgehead atoms. The Hall–Kier alpha value is -3.68. The van der Waals surface area contributed by atoms with Crippen molar-refractivity contribution in [2.24, 2.45) is 5.73 Å². The second-order valence-electron chi connectivity index (χ2n) is 8.18. The Labute approximate surface area is 200 Å². The number of ether oxygens (including phenoxy) is 1. The summed E-state index contributed by atoms with van der Waals surface area (Å²) in [6, 6.07) is 0.152. The molecule has 0 aliphatic carbocycles. The number of benzene rings is 1. The van der Waals surface area contributed by atoms with Crippen LogP contribution in [-0.4, -0.2) is 50.0 Å². The molecule has 0 saturated carbocycles. The largest absolute Gasteiger partial charge is 0.467 e. The van der Waals surface area contributed by atoms with Crippen molar-refractivity contribution in [1.29, 1.82) is 0 Å². The molecule has 0 saturated heterocycles. The van der Waals surface area contributed by atoms with Gasteiger partial charge in [0.25, 0.3) is 0 Å². The smallest absolute Gasteiger partial charge is 0.449 e. The van der Waals surface area contributed by atoms with E-state index in [1.807, 2.05) is 0 Å². The molecule has 4 rings (SSSR count). The molecule has 3 aromatic rings. The maximum Gasteiger partial charge on any atom is 0.449 e. The summed E-state index contributed by atoms with van der Waals surface area (Å²) < 4.78 is 87.3. The quantitative estimate of drug-likeness (QED) is 0.401. The number of nitrogens with zero attached hydrogens (tertiary/aromatic N) is 5. The highest BCUT2D eigenvalue weighted by Gasteiger charge is 2.41. The normalized spacial score (nSPS) is 14.5. The van der Waals surface area contributed by atoms with Crippen LogP contribution < -0.4 is 10.5 Å². The highest BCUT2D eigenvalue weighted by Crippen LogP contribution is 2.35. The number of alkyl halides is 3. The molecule has 2 aromatic heterocycles. The molecule has 1 atom stereocenters. The molecule has 8 nitrogen and oxygen atoms in total. The zero-order valence-corrected chi connectivity index (χ0v) is 18.8. The standard InChI is InChI=1S/C22H20F6N6O2/c1-36-21-30-8-12(9-31-21)19-17-10-33(2-3-34(17)20(32-19)22(26,27)28)18(35)6-13(29)4-11-5-15(24)16(25)7-14(11)23/h5,7-9,13H,2-4,6,10,29H2,1H3/t13-/m1/s1. The number of carbonyl (C=O) groups is 1.